The second kappa shape index (κ2) is 12.3. The first-order valence-corrected chi connectivity index (χ1v) is 12.5. The fourth-order valence-corrected chi connectivity index (χ4v) is 3.90. The maximum atomic E-state index is 14.3. The van der Waals surface area contributed by atoms with E-state index in [1.165, 1.54) is 25.3 Å². The minimum Gasteiger partial charge on any atom is -0.497 e. The van der Waals surface area contributed by atoms with Crippen molar-refractivity contribution >= 4 is 16.9 Å². The average molecular weight is 623 g/mol. The number of fused-ring (bicyclic) bond motifs is 1. The molecule has 0 atom stereocenters. The standard InChI is InChI=1S/C29H26F8O6/c1-16(2)24(38)42-12-10-27(32,33)29(36,37)28(34,35)26(30,31)9-11-41-20-6-5-18-14-22(25(39)43-23(18)15-20)21-8-7-19(40-4)13-17(21)3/h5-8,13-15H,1,9-12H2,2-4H3. The molecule has 3 rings (SSSR count). The van der Waals surface area contributed by atoms with Crippen molar-refractivity contribution in [2.45, 2.75) is 50.4 Å². The van der Waals surface area contributed by atoms with E-state index in [0.29, 0.717) is 22.3 Å². The van der Waals surface area contributed by atoms with Gasteiger partial charge in [0, 0.05) is 17.0 Å². The molecule has 43 heavy (non-hydrogen) atoms. The van der Waals surface area contributed by atoms with Crippen molar-refractivity contribution in [2.24, 2.45) is 0 Å². The smallest absolute Gasteiger partial charge is 0.378 e. The molecule has 0 N–H and O–H groups in total. The van der Waals surface area contributed by atoms with E-state index in [4.69, 9.17) is 13.9 Å². The number of carbonyl (C=O) groups excluding carboxylic acids is 1. The number of esters is 1. The van der Waals surface area contributed by atoms with Gasteiger partial charge in [-0.1, -0.05) is 12.6 Å². The Morgan fingerprint density at radius 3 is 1.98 bits per heavy atom. The van der Waals surface area contributed by atoms with Crippen LogP contribution in [-0.4, -0.2) is 50.0 Å². The Labute approximate surface area is 239 Å². The Hall–Kier alpha value is -4.10. The van der Waals surface area contributed by atoms with Crippen molar-refractivity contribution in [3.05, 3.63) is 70.6 Å². The molecule has 234 valence electrons. The number of hydrogen-bond donors (Lipinski definition) is 0. The Balaban J connectivity index is 1.72. The highest BCUT2D eigenvalue weighted by Gasteiger charge is 2.79. The first kappa shape index (κ1) is 33.4. The summed E-state index contributed by atoms with van der Waals surface area (Å²) in [7, 11) is 1.48. The van der Waals surface area contributed by atoms with Gasteiger partial charge in [-0.25, -0.2) is 9.59 Å². The molecule has 0 aliphatic rings. The predicted octanol–water partition coefficient (Wildman–Crippen LogP) is 7.60. The van der Waals surface area contributed by atoms with Crippen LogP contribution in [-0.2, 0) is 9.53 Å². The number of benzene rings is 2. The highest BCUT2D eigenvalue weighted by molar-refractivity contribution is 5.87. The molecule has 0 radical (unpaired) electrons. The molecule has 14 heteroatoms. The Morgan fingerprint density at radius 2 is 1.42 bits per heavy atom. The fraction of sp³-hybridized carbons (Fsp3) is 0.379. The van der Waals surface area contributed by atoms with Gasteiger partial charge in [-0.2, -0.15) is 35.1 Å². The van der Waals surface area contributed by atoms with E-state index >= 15 is 0 Å². The molecule has 0 aliphatic heterocycles. The first-order chi connectivity index (χ1) is 19.8. The van der Waals surface area contributed by atoms with Crippen LogP contribution in [0.3, 0.4) is 0 Å². The summed E-state index contributed by atoms with van der Waals surface area (Å²) in [4.78, 5) is 23.8. The molecule has 0 fully saturated rings. The zero-order chi connectivity index (χ0) is 32.4. The zero-order valence-electron chi connectivity index (χ0n) is 23.1. The van der Waals surface area contributed by atoms with Gasteiger partial charge < -0.3 is 18.6 Å². The van der Waals surface area contributed by atoms with Gasteiger partial charge in [0.25, 0.3) is 0 Å². The van der Waals surface area contributed by atoms with Crippen molar-refractivity contribution in [2.75, 3.05) is 20.3 Å². The van der Waals surface area contributed by atoms with Crippen LogP contribution in [0, 0.1) is 6.92 Å². The number of ether oxygens (including phenoxy) is 3. The summed E-state index contributed by atoms with van der Waals surface area (Å²) in [5.74, 6) is -25.3. The summed E-state index contributed by atoms with van der Waals surface area (Å²) in [6.45, 7) is 3.24. The van der Waals surface area contributed by atoms with Crippen LogP contribution in [0.25, 0.3) is 22.1 Å². The Morgan fingerprint density at radius 1 is 0.837 bits per heavy atom. The van der Waals surface area contributed by atoms with Crippen molar-refractivity contribution in [1.82, 2.24) is 0 Å². The summed E-state index contributed by atoms with van der Waals surface area (Å²) in [6, 6.07) is 10.2. The molecule has 0 spiro atoms. The lowest BCUT2D eigenvalue weighted by Crippen LogP contribution is -2.62. The lowest BCUT2D eigenvalue weighted by Gasteiger charge is -2.36. The van der Waals surface area contributed by atoms with Gasteiger partial charge in [-0.3, -0.25) is 0 Å². The highest BCUT2D eigenvalue weighted by Crippen LogP contribution is 2.54. The first-order valence-electron chi connectivity index (χ1n) is 12.5. The molecule has 0 unspecified atom stereocenters. The van der Waals surface area contributed by atoms with E-state index in [1.807, 2.05) is 0 Å². The van der Waals surface area contributed by atoms with Crippen LogP contribution >= 0.6 is 0 Å². The number of rotatable bonds is 13. The number of halogens is 8. The van der Waals surface area contributed by atoms with Crippen molar-refractivity contribution in [3.8, 4) is 22.6 Å². The molecule has 0 aliphatic carbocycles. The molecule has 1 aromatic heterocycles. The third-order valence-corrected chi connectivity index (χ3v) is 6.43. The van der Waals surface area contributed by atoms with Gasteiger partial charge in [0.05, 0.1) is 38.7 Å². The third-order valence-electron chi connectivity index (χ3n) is 6.43. The minimum atomic E-state index is -6.52. The van der Waals surface area contributed by atoms with Crippen molar-refractivity contribution in [1.29, 1.82) is 0 Å². The van der Waals surface area contributed by atoms with Crippen LogP contribution in [0.2, 0.25) is 0 Å². The normalized spacial score (nSPS) is 12.7. The number of hydrogen-bond acceptors (Lipinski definition) is 6. The van der Waals surface area contributed by atoms with Gasteiger partial charge in [0.15, 0.2) is 0 Å². The molecular weight excluding hydrogens is 596 g/mol. The van der Waals surface area contributed by atoms with Gasteiger partial charge >= 0.3 is 35.3 Å². The average Bonchev–Trinajstić information content (AvgIpc) is 2.92. The predicted molar refractivity (Wildman–Crippen MR) is 139 cm³/mol. The van der Waals surface area contributed by atoms with Crippen LogP contribution in [0.4, 0.5) is 35.1 Å². The maximum Gasteiger partial charge on any atom is 0.378 e. The Kier molecular flexibility index (Phi) is 9.52. The number of aryl methyl sites for hydroxylation is 1. The maximum absolute atomic E-state index is 14.3. The molecule has 0 saturated heterocycles. The second-order valence-electron chi connectivity index (χ2n) is 9.65. The van der Waals surface area contributed by atoms with Crippen molar-refractivity contribution in [3.63, 3.8) is 0 Å². The largest absolute Gasteiger partial charge is 0.497 e. The molecular formula is C29H26F8O6. The molecule has 3 aromatic rings. The lowest BCUT2D eigenvalue weighted by atomic mass is 9.95. The fourth-order valence-electron chi connectivity index (χ4n) is 3.90. The van der Waals surface area contributed by atoms with E-state index in [-0.39, 0.29) is 22.5 Å². The SMILES string of the molecule is C=C(C)C(=O)OCCC(F)(F)C(F)(F)C(F)(F)C(F)(F)CCOc1ccc2cc(-c3ccc(OC)cc3C)c(=O)oc2c1. The highest BCUT2D eigenvalue weighted by atomic mass is 19.4. The van der Waals surface area contributed by atoms with Crippen LogP contribution in [0.1, 0.15) is 25.3 Å². The van der Waals surface area contributed by atoms with E-state index in [9.17, 15) is 44.7 Å². The van der Waals surface area contributed by atoms with E-state index in [2.05, 4.69) is 11.3 Å². The number of carbonyl (C=O) groups is 1. The van der Waals surface area contributed by atoms with Crippen LogP contribution in [0.5, 0.6) is 11.5 Å². The molecule has 0 saturated carbocycles. The summed E-state index contributed by atoms with van der Waals surface area (Å²) in [6.07, 6.45) is -4.22. The quantitative estimate of drug-likeness (QED) is 0.0847. The topological polar surface area (TPSA) is 75.0 Å². The molecule has 6 nitrogen and oxygen atoms in total. The Bertz CT molecular complexity index is 1560. The summed E-state index contributed by atoms with van der Waals surface area (Å²) < 4.78 is 133. The van der Waals surface area contributed by atoms with E-state index in [0.717, 1.165) is 13.0 Å². The van der Waals surface area contributed by atoms with Crippen molar-refractivity contribution < 1.29 is 58.5 Å². The van der Waals surface area contributed by atoms with Gasteiger partial charge in [-0.15, -0.1) is 0 Å². The summed E-state index contributed by atoms with van der Waals surface area (Å²) in [5, 5.41) is 0.379. The van der Waals surface area contributed by atoms with Gasteiger partial charge in [0.2, 0.25) is 0 Å². The summed E-state index contributed by atoms with van der Waals surface area (Å²) in [5.41, 5.74) is 0.354. The second-order valence-corrected chi connectivity index (χ2v) is 9.65. The molecule has 1 heterocycles. The minimum absolute atomic E-state index is 0.0620. The number of alkyl halides is 8. The van der Waals surface area contributed by atoms with E-state index < -0.39 is 61.3 Å². The van der Waals surface area contributed by atoms with Gasteiger partial charge in [-0.05, 0) is 55.3 Å². The number of methoxy groups -OCH3 is 1. The van der Waals surface area contributed by atoms with Crippen LogP contribution < -0.4 is 15.1 Å². The van der Waals surface area contributed by atoms with E-state index in [1.54, 1.807) is 25.1 Å². The molecule has 2 aromatic carbocycles. The lowest BCUT2D eigenvalue weighted by molar-refractivity contribution is -0.368. The molecule has 0 amide bonds. The monoisotopic (exact) mass is 622 g/mol. The van der Waals surface area contributed by atoms with Gasteiger partial charge in [0.1, 0.15) is 17.1 Å². The zero-order valence-corrected chi connectivity index (χ0v) is 23.1. The van der Waals surface area contributed by atoms with Crippen LogP contribution in [0.15, 0.2) is 63.8 Å². The third kappa shape index (κ3) is 6.78. The molecule has 0 bridgehead atoms. The summed E-state index contributed by atoms with van der Waals surface area (Å²) >= 11 is 0.